The van der Waals surface area contributed by atoms with Crippen molar-refractivity contribution in [3.63, 3.8) is 0 Å². The monoisotopic (exact) mass is 460 g/mol. The fourth-order valence-electron chi connectivity index (χ4n) is 6.91. The van der Waals surface area contributed by atoms with E-state index in [1.807, 2.05) is 0 Å². The van der Waals surface area contributed by atoms with Gasteiger partial charge in [0.1, 0.15) is 7.05 Å². The first-order valence-electron chi connectivity index (χ1n) is 13.4. The zero-order valence-corrected chi connectivity index (χ0v) is 22.2. The van der Waals surface area contributed by atoms with Crippen LogP contribution in [-0.4, -0.2) is 0 Å². The lowest BCUT2D eigenvalue weighted by atomic mass is 9.54. The molecule has 0 spiro atoms. The second kappa shape index (κ2) is 7.79. The van der Waals surface area contributed by atoms with Gasteiger partial charge < -0.3 is 0 Å². The van der Waals surface area contributed by atoms with Crippen molar-refractivity contribution in [2.45, 2.75) is 77.0 Å². The molecule has 0 saturated heterocycles. The Labute approximate surface area is 210 Å². The number of hydrogen-bond donors (Lipinski definition) is 0. The number of hydrogen-bond acceptors (Lipinski definition) is 0. The van der Waals surface area contributed by atoms with Crippen LogP contribution in [0.15, 0.2) is 66.9 Å². The Kier molecular flexibility index (Phi) is 5.01. The van der Waals surface area contributed by atoms with Crippen LogP contribution in [-0.2, 0) is 17.9 Å². The van der Waals surface area contributed by atoms with Gasteiger partial charge in [0.05, 0.1) is 0 Å². The van der Waals surface area contributed by atoms with Gasteiger partial charge in [0.15, 0.2) is 6.20 Å². The summed E-state index contributed by atoms with van der Waals surface area (Å²) >= 11 is 0. The maximum Gasteiger partial charge on any atom is 0.212 e. The van der Waals surface area contributed by atoms with Crippen LogP contribution in [0.2, 0.25) is 0 Å². The molecule has 3 aromatic carbocycles. The molecule has 0 N–H and O–H groups in total. The second-order valence-electron chi connectivity index (χ2n) is 12.1. The lowest BCUT2D eigenvalue weighted by molar-refractivity contribution is -0.660. The molecule has 4 aromatic rings. The molecule has 1 saturated carbocycles. The minimum Gasteiger partial charge on any atom is -0.201 e. The highest BCUT2D eigenvalue weighted by atomic mass is 14.9. The lowest BCUT2D eigenvalue weighted by Gasteiger charge is -2.49. The van der Waals surface area contributed by atoms with Gasteiger partial charge >= 0.3 is 0 Å². The molecule has 0 unspecified atom stereocenters. The first kappa shape index (κ1) is 22.5. The van der Waals surface area contributed by atoms with Crippen molar-refractivity contribution in [1.29, 1.82) is 0 Å². The van der Waals surface area contributed by atoms with Gasteiger partial charge in [-0.25, -0.2) is 4.57 Å². The Balaban J connectivity index is 1.62. The van der Waals surface area contributed by atoms with Crippen LogP contribution in [0, 0.1) is 6.92 Å². The normalized spacial score (nSPS) is 18.5. The minimum atomic E-state index is 0.0105. The molecule has 0 aliphatic heterocycles. The van der Waals surface area contributed by atoms with Crippen molar-refractivity contribution in [1.82, 2.24) is 0 Å². The van der Waals surface area contributed by atoms with Crippen molar-refractivity contribution in [2.75, 3.05) is 0 Å². The highest BCUT2D eigenvalue weighted by Gasteiger charge is 2.47. The average Bonchev–Trinajstić information content (AvgIpc) is 3.38. The summed E-state index contributed by atoms with van der Waals surface area (Å²) in [7, 11) is 2.20. The van der Waals surface area contributed by atoms with E-state index in [-0.39, 0.29) is 10.8 Å². The number of fused-ring (bicyclic) bond motifs is 5. The molecule has 2 aliphatic rings. The molecule has 0 radical (unpaired) electrons. The molecule has 1 nitrogen and oxygen atoms in total. The average molecular weight is 461 g/mol. The SMILES string of the molecule is Cc1cc2c(cc1-c1cc(C3CCCC3)cc[n+]1C)-c1ccc3ccccc3c1C(C)(C)C2(C)C. The first-order valence-corrected chi connectivity index (χ1v) is 13.4. The van der Waals surface area contributed by atoms with Crippen molar-refractivity contribution in [3.05, 3.63) is 89.1 Å². The zero-order chi connectivity index (χ0) is 24.5. The summed E-state index contributed by atoms with van der Waals surface area (Å²) in [5.41, 5.74) is 11.4. The van der Waals surface area contributed by atoms with Crippen LogP contribution in [0.1, 0.15) is 81.5 Å². The van der Waals surface area contributed by atoms with Crippen LogP contribution >= 0.6 is 0 Å². The molecule has 6 rings (SSSR count). The third-order valence-corrected chi connectivity index (χ3v) is 9.72. The van der Waals surface area contributed by atoms with E-state index in [9.17, 15) is 0 Å². The Bertz CT molecular complexity index is 1460. The van der Waals surface area contributed by atoms with E-state index in [1.165, 1.54) is 81.1 Å². The molecule has 178 valence electrons. The van der Waals surface area contributed by atoms with Gasteiger partial charge in [0.25, 0.3) is 0 Å². The lowest BCUT2D eigenvalue weighted by Crippen LogP contribution is -2.43. The summed E-state index contributed by atoms with van der Waals surface area (Å²) in [4.78, 5) is 0. The molecule has 1 heteroatoms. The van der Waals surface area contributed by atoms with Crippen molar-refractivity contribution < 1.29 is 4.57 Å². The number of nitrogens with zero attached hydrogens (tertiary/aromatic N) is 1. The predicted octanol–water partition coefficient (Wildman–Crippen LogP) is 8.53. The number of aryl methyl sites for hydroxylation is 2. The topological polar surface area (TPSA) is 3.88 Å². The van der Waals surface area contributed by atoms with E-state index in [0.717, 1.165) is 5.92 Å². The van der Waals surface area contributed by atoms with Crippen molar-refractivity contribution in [3.8, 4) is 22.4 Å². The Morgan fingerprint density at radius 3 is 2.29 bits per heavy atom. The van der Waals surface area contributed by atoms with Gasteiger partial charge in [-0.3, -0.25) is 0 Å². The van der Waals surface area contributed by atoms with E-state index in [2.05, 4.69) is 113 Å². The van der Waals surface area contributed by atoms with E-state index >= 15 is 0 Å². The number of benzene rings is 3. The molecular formula is C34H38N+. The van der Waals surface area contributed by atoms with Crippen LogP contribution in [0.4, 0.5) is 0 Å². The molecule has 0 bridgehead atoms. The van der Waals surface area contributed by atoms with E-state index in [4.69, 9.17) is 0 Å². The van der Waals surface area contributed by atoms with Gasteiger partial charge in [-0.1, -0.05) is 83.0 Å². The van der Waals surface area contributed by atoms with Gasteiger partial charge in [-0.15, -0.1) is 0 Å². The molecular weight excluding hydrogens is 422 g/mol. The summed E-state index contributed by atoms with van der Waals surface area (Å²) in [5, 5.41) is 2.73. The van der Waals surface area contributed by atoms with Gasteiger partial charge in [-0.05, 0) is 81.3 Å². The summed E-state index contributed by atoms with van der Waals surface area (Å²) in [5.74, 6) is 0.722. The number of pyridine rings is 1. The van der Waals surface area contributed by atoms with Gasteiger partial charge in [0.2, 0.25) is 5.69 Å². The highest BCUT2D eigenvalue weighted by molar-refractivity contribution is 5.96. The maximum atomic E-state index is 2.50. The molecule has 0 atom stereocenters. The number of aromatic nitrogens is 1. The largest absolute Gasteiger partial charge is 0.212 e. The first-order chi connectivity index (χ1) is 16.7. The molecule has 0 amide bonds. The minimum absolute atomic E-state index is 0.0105. The molecule has 1 fully saturated rings. The smallest absolute Gasteiger partial charge is 0.201 e. The summed E-state index contributed by atoms with van der Waals surface area (Å²) in [6.45, 7) is 12.1. The molecule has 1 heterocycles. The standard InChI is InChI=1S/C34H38N/c1-22-19-30-29(21-28(22)31-20-25(17-18-35(31)6)23-11-7-8-12-23)27-16-15-24-13-9-10-14-26(24)32(27)34(4,5)33(30,2)3/h9-10,13-21,23H,7-8,11-12H2,1-6H3/q+1. The third kappa shape index (κ3) is 3.24. The van der Waals surface area contributed by atoms with Crippen molar-refractivity contribution in [2.24, 2.45) is 7.05 Å². The Morgan fingerprint density at radius 1 is 0.771 bits per heavy atom. The fourth-order valence-corrected chi connectivity index (χ4v) is 6.91. The predicted molar refractivity (Wildman–Crippen MR) is 148 cm³/mol. The van der Waals surface area contributed by atoms with Crippen LogP contribution in [0.5, 0.6) is 0 Å². The number of rotatable bonds is 2. The molecule has 1 aromatic heterocycles. The van der Waals surface area contributed by atoms with Gasteiger partial charge in [0, 0.05) is 23.1 Å². The van der Waals surface area contributed by atoms with Crippen LogP contribution in [0.3, 0.4) is 0 Å². The second-order valence-corrected chi connectivity index (χ2v) is 12.1. The third-order valence-electron chi connectivity index (χ3n) is 9.72. The molecule has 35 heavy (non-hydrogen) atoms. The highest BCUT2D eigenvalue weighted by Crippen LogP contribution is 2.56. The summed E-state index contributed by atoms with van der Waals surface area (Å²) in [6, 6.07) is 23.4. The van der Waals surface area contributed by atoms with Crippen molar-refractivity contribution >= 4 is 10.8 Å². The van der Waals surface area contributed by atoms with Gasteiger partial charge in [-0.2, -0.15) is 0 Å². The Morgan fingerprint density at radius 2 is 1.51 bits per heavy atom. The zero-order valence-electron chi connectivity index (χ0n) is 22.2. The van der Waals surface area contributed by atoms with Crippen LogP contribution in [0.25, 0.3) is 33.2 Å². The molecule has 2 aliphatic carbocycles. The van der Waals surface area contributed by atoms with E-state index in [0.29, 0.717) is 0 Å². The van der Waals surface area contributed by atoms with E-state index < -0.39 is 0 Å². The Hall–Kier alpha value is -2.93. The quantitative estimate of drug-likeness (QED) is 0.264. The van der Waals surface area contributed by atoms with E-state index in [1.54, 1.807) is 0 Å². The van der Waals surface area contributed by atoms with Crippen LogP contribution < -0.4 is 4.57 Å². The maximum absolute atomic E-state index is 2.50. The summed E-state index contributed by atoms with van der Waals surface area (Å²) < 4.78 is 2.31. The fraction of sp³-hybridized carbons (Fsp3) is 0.382. The summed E-state index contributed by atoms with van der Waals surface area (Å²) in [6.07, 6.45) is 7.68.